The maximum absolute atomic E-state index is 5.44. The fourth-order valence-electron chi connectivity index (χ4n) is 3.19. The third-order valence-corrected chi connectivity index (χ3v) is 5.05. The quantitative estimate of drug-likeness (QED) is 0.271. The molecule has 158 valence electrons. The summed E-state index contributed by atoms with van der Waals surface area (Å²) in [5.41, 5.74) is 2.05. The van der Waals surface area contributed by atoms with Gasteiger partial charge < -0.3 is 19.7 Å². The minimum absolute atomic E-state index is 0. The van der Waals surface area contributed by atoms with Crippen molar-refractivity contribution in [3.05, 3.63) is 35.0 Å². The highest BCUT2D eigenvalue weighted by Crippen LogP contribution is 2.23. The lowest BCUT2D eigenvalue weighted by atomic mass is 9.99. The Morgan fingerprint density at radius 1 is 0.857 bits per heavy atom. The van der Waals surface area contributed by atoms with Crippen LogP contribution in [0.25, 0.3) is 0 Å². The van der Waals surface area contributed by atoms with E-state index in [1.54, 1.807) is 7.05 Å². The van der Waals surface area contributed by atoms with Gasteiger partial charge >= 0.3 is 0 Å². The van der Waals surface area contributed by atoms with Gasteiger partial charge in [-0.05, 0) is 25.7 Å². The van der Waals surface area contributed by atoms with E-state index in [0.29, 0.717) is 30.9 Å². The van der Waals surface area contributed by atoms with Crippen LogP contribution in [-0.2, 0) is 13.1 Å². The zero-order valence-corrected chi connectivity index (χ0v) is 19.9. The Bertz CT molecular complexity index is 649. The number of aromatic nitrogens is 2. The average Bonchev–Trinajstić information content (AvgIpc) is 3.34. The fraction of sp³-hybridized carbons (Fsp3) is 0.650. The summed E-state index contributed by atoms with van der Waals surface area (Å²) in [7, 11) is 1.74. The monoisotopic (exact) mass is 503 g/mol. The molecule has 2 aromatic heterocycles. The summed E-state index contributed by atoms with van der Waals surface area (Å²) < 4.78 is 10.9. The van der Waals surface area contributed by atoms with Gasteiger partial charge in [-0.25, -0.2) is 0 Å². The third-order valence-electron chi connectivity index (χ3n) is 5.05. The molecule has 0 radical (unpaired) electrons. The van der Waals surface area contributed by atoms with Gasteiger partial charge in [0.2, 0.25) is 0 Å². The Morgan fingerprint density at radius 3 is 1.57 bits per heavy atom. The molecule has 0 fully saturated rings. The fourth-order valence-corrected chi connectivity index (χ4v) is 3.19. The van der Waals surface area contributed by atoms with Crippen LogP contribution >= 0.6 is 24.0 Å². The first kappa shape index (κ1) is 24.5. The molecule has 2 N–H and O–H groups in total. The molecular weight excluding hydrogens is 469 g/mol. The number of halogens is 1. The van der Waals surface area contributed by atoms with Crippen LogP contribution in [0.3, 0.4) is 0 Å². The highest BCUT2D eigenvalue weighted by atomic mass is 127. The Morgan fingerprint density at radius 2 is 1.25 bits per heavy atom. The van der Waals surface area contributed by atoms with Gasteiger partial charge in [0, 0.05) is 31.0 Å². The highest BCUT2D eigenvalue weighted by molar-refractivity contribution is 14.0. The van der Waals surface area contributed by atoms with Crippen molar-refractivity contribution in [1.82, 2.24) is 20.9 Å². The predicted octanol–water partition coefficient (Wildman–Crippen LogP) is 4.95. The van der Waals surface area contributed by atoms with Crippen LogP contribution in [0, 0.1) is 0 Å². The van der Waals surface area contributed by atoms with E-state index in [0.717, 1.165) is 48.6 Å². The molecule has 0 saturated heterocycles. The first-order valence-electron chi connectivity index (χ1n) is 10.00. The molecule has 0 bridgehead atoms. The Hall–Kier alpha value is -1.58. The molecule has 0 unspecified atom stereocenters. The normalized spacial score (nSPS) is 10.8. The molecule has 7 nitrogen and oxygen atoms in total. The number of guanidine groups is 1. The van der Waals surface area contributed by atoms with Gasteiger partial charge in [0.1, 0.15) is 0 Å². The van der Waals surface area contributed by atoms with Gasteiger partial charge in [-0.1, -0.05) is 38.0 Å². The van der Waals surface area contributed by atoms with Crippen molar-refractivity contribution in [3.63, 3.8) is 0 Å². The SMILES string of the molecule is CCC(CC)c1cc(CNC(=NC)NCc2cc(C(CC)CC)no2)on1.I. The summed E-state index contributed by atoms with van der Waals surface area (Å²) in [5.74, 6) is 3.19. The number of nitrogens with zero attached hydrogens (tertiary/aromatic N) is 3. The smallest absolute Gasteiger partial charge is 0.191 e. The molecule has 2 rings (SSSR count). The Labute approximate surface area is 185 Å². The molecule has 0 aromatic carbocycles. The summed E-state index contributed by atoms with van der Waals surface area (Å²) in [6.45, 7) is 9.75. The van der Waals surface area contributed by atoms with Crippen molar-refractivity contribution in [2.24, 2.45) is 4.99 Å². The Kier molecular flexibility index (Phi) is 11.2. The lowest BCUT2D eigenvalue weighted by molar-refractivity contribution is 0.365. The van der Waals surface area contributed by atoms with Gasteiger partial charge in [0.15, 0.2) is 17.5 Å². The van der Waals surface area contributed by atoms with Crippen molar-refractivity contribution >= 4 is 29.9 Å². The Balaban J connectivity index is 0.00000392. The minimum Gasteiger partial charge on any atom is -0.359 e. The molecule has 0 spiro atoms. The van der Waals surface area contributed by atoms with Gasteiger partial charge in [0.25, 0.3) is 0 Å². The molecule has 0 atom stereocenters. The zero-order chi connectivity index (χ0) is 19.6. The van der Waals surface area contributed by atoms with E-state index in [9.17, 15) is 0 Å². The van der Waals surface area contributed by atoms with Crippen LogP contribution in [0.4, 0.5) is 0 Å². The number of hydrogen-bond acceptors (Lipinski definition) is 5. The first-order chi connectivity index (χ1) is 13.1. The summed E-state index contributed by atoms with van der Waals surface area (Å²) in [5, 5.41) is 14.9. The van der Waals surface area contributed by atoms with Crippen molar-refractivity contribution < 1.29 is 9.05 Å². The van der Waals surface area contributed by atoms with E-state index in [1.165, 1.54) is 0 Å². The largest absolute Gasteiger partial charge is 0.359 e. The molecule has 28 heavy (non-hydrogen) atoms. The van der Waals surface area contributed by atoms with Crippen molar-refractivity contribution in [2.45, 2.75) is 78.3 Å². The second-order valence-corrected chi connectivity index (χ2v) is 6.74. The molecular formula is C20H34IN5O2. The number of nitrogens with one attached hydrogen (secondary N) is 2. The lowest BCUT2D eigenvalue weighted by Crippen LogP contribution is -2.36. The minimum atomic E-state index is 0. The second-order valence-electron chi connectivity index (χ2n) is 6.74. The zero-order valence-electron chi connectivity index (χ0n) is 17.6. The molecule has 0 aliphatic carbocycles. The van der Waals surface area contributed by atoms with Crippen LogP contribution < -0.4 is 10.6 Å². The van der Waals surface area contributed by atoms with E-state index in [2.05, 4.69) is 53.6 Å². The van der Waals surface area contributed by atoms with E-state index in [1.807, 2.05) is 12.1 Å². The molecule has 8 heteroatoms. The molecule has 0 saturated carbocycles. The van der Waals surface area contributed by atoms with Crippen LogP contribution in [0.5, 0.6) is 0 Å². The van der Waals surface area contributed by atoms with Gasteiger partial charge in [-0.15, -0.1) is 24.0 Å². The van der Waals surface area contributed by atoms with Gasteiger partial charge in [0.05, 0.1) is 24.5 Å². The van der Waals surface area contributed by atoms with E-state index in [-0.39, 0.29) is 24.0 Å². The number of rotatable bonds is 10. The molecule has 2 heterocycles. The average molecular weight is 503 g/mol. The summed E-state index contributed by atoms with van der Waals surface area (Å²) in [6, 6.07) is 4.05. The molecule has 0 aliphatic rings. The lowest BCUT2D eigenvalue weighted by Gasteiger charge is -2.09. The topological polar surface area (TPSA) is 88.5 Å². The van der Waals surface area contributed by atoms with E-state index in [4.69, 9.17) is 9.05 Å². The number of hydrogen-bond donors (Lipinski definition) is 2. The van der Waals surface area contributed by atoms with E-state index >= 15 is 0 Å². The van der Waals surface area contributed by atoms with Crippen LogP contribution in [0.2, 0.25) is 0 Å². The van der Waals surface area contributed by atoms with Crippen molar-refractivity contribution in [3.8, 4) is 0 Å². The molecule has 0 amide bonds. The third kappa shape index (κ3) is 6.79. The molecule has 2 aromatic rings. The predicted molar refractivity (Wildman–Crippen MR) is 122 cm³/mol. The van der Waals surface area contributed by atoms with E-state index < -0.39 is 0 Å². The summed E-state index contributed by atoms with van der Waals surface area (Å²) >= 11 is 0. The van der Waals surface area contributed by atoms with Gasteiger partial charge in [-0.2, -0.15) is 0 Å². The van der Waals surface area contributed by atoms with Crippen LogP contribution in [-0.4, -0.2) is 23.3 Å². The highest BCUT2D eigenvalue weighted by Gasteiger charge is 2.14. The summed E-state index contributed by atoms with van der Waals surface area (Å²) in [6.07, 6.45) is 4.26. The first-order valence-corrected chi connectivity index (χ1v) is 10.00. The van der Waals surface area contributed by atoms with Gasteiger partial charge in [-0.3, -0.25) is 4.99 Å². The van der Waals surface area contributed by atoms with Crippen molar-refractivity contribution in [1.29, 1.82) is 0 Å². The molecule has 0 aliphatic heterocycles. The second kappa shape index (κ2) is 12.8. The summed E-state index contributed by atoms with van der Waals surface area (Å²) in [4.78, 5) is 4.24. The van der Waals surface area contributed by atoms with Crippen molar-refractivity contribution in [2.75, 3.05) is 7.05 Å². The maximum atomic E-state index is 5.44. The van der Waals surface area contributed by atoms with Crippen LogP contribution in [0.1, 0.15) is 88.1 Å². The van der Waals surface area contributed by atoms with Crippen LogP contribution in [0.15, 0.2) is 26.2 Å². The standard InChI is InChI=1S/C20H33N5O2.HI/c1-6-14(7-2)18-10-16(26-24-18)12-22-20(21-5)23-13-17-11-19(25-27-17)15(8-3)9-4;/h10-11,14-15H,6-9,12-13H2,1-5H3,(H2,21,22,23);1H. The maximum Gasteiger partial charge on any atom is 0.191 e. The number of aliphatic imine (C=N–C) groups is 1.